The number of hydrogen-bond donors (Lipinski definition) is 1. The fourth-order valence-electron chi connectivity index (χ4n) is 3.95. The first-order valence-corrected chi connectivity index (χ1v) is 10.6. The van der Waals surface area contributed by atoms with Gasteiger partial charge in [0.2, 0.25) is 5.75 Å². The molecule has 3 rings (SSSR count). The second-order valence-electron chi connectivity index (χ2n) is 7.99. The molecule has 0 aliphatic carbocycles. The quantitative estimate of drug-likeness (QED) is 0.339. The summed E-state index contributed by atoms with van der Waals surface area (Å²) in [6.45, 7) is 0.793. The molecule has 1 heterocycles. The minimum atomic E-state index is -0.861. The Kier molecular flexibility index (Phi) is 7.68. The van der Waals surface area contributed by atoms with Gasteiger partial charge in [-0.2, -0.15) is 0 Å². The van der Waals surface area contributed by atoms with Gasteiger partial charge < -0.3 is 33.9 Å². The number of ketones is 1. The highest BCUT2D eigenvalue weighted by Gasteiger charge is 2.46. The van der Waals surface area contributed by atoms with E-state index in [1.54, 1.807) is 36.4 Å². The van der Waals surface area contributed by atoms with Crippen molar-refractivity contribution >= 4 is 17.4 Å². The Labute approximate surface area is 199 Å². The number of rotatable bonds is 9. The van der Waals surface area contributed by atoms with E-state index in [-0.39, 0.29) is 17.9 Å². The van der Waals surface area contributed by atoms with E-state index in [1.165, 1.54) is 33.3 Å². The molecule has 0 spiro atoms. The number of carbonyl (C=O) groups excluding carboxylic acids is 2. The summed E-state index contributed by atoms with van der Waals surface area (Å²) in [5.74, 6) is -0.110. The number of Topliss-reactive ketones (excluding diaryl/α,β-unsaturated/α-hetero) is 1. The summed E-state index contributed by atoms with van der Waals surface area (Å²) in [6, 6.07) is 9.18. The van der Waals surface area contributed by atoms with Crippen molar-refractivity contribution in [3.8, 4) is 23.0 Å². The zero-order chi connectivity index (χ0) is 25.0. The summed E-state index contributed by atoms with van der Waals surface area (Å²) in [4.78, 5) is 29.7. The monoisotopic (exact) mass is 470 g/mol. The molecule has 1 unspecified atom stereocenters. The predicted octanol–water partition coefficient (Wildman–Crippen LogP) is 2.70. The van der Waals surface area contributed by atoms with Gasteiger partial charge >= 0.3 is 0 Å². The van der Waals surface area contributed by atoms with Crippen LogP contribution in [0.1, 0.15) is 17.2 Å². The summed E-state index contributed by atoms with van der Waals surface area (Å²) in [5, 5.41) is 11.2. The lowest BCUT2D eigenvalue weighted by atomic mass is 9.94. The standard InChI is InChI=1S/C25H30N2O7/c1-26(2)10-11-27-21(16-13-18(32-4)24(34-6)19(14-16)33-5)20(23(29)25(27)30)22(28)15-8-7-9-17(12-15)31-3/h7-9,12-14,21,28H,10-11H2,1-6H3. The first-order valence-electron chi connectivity index (χ1n) is 10.6. The molecule has 34 heavy (non-hydrogen) atoms. The Bertz CT molecular complexity index is 1090. The number of likely N-dealkylation sites (tertiary alicyclic amines) is 1. The van der Waals surface area contributed by atoms with Gasteiger partial charge in [0.25, 0.3) is 11.7 Å². The fourth-order valence-corrected chi connectivity index (χ4v) is 3.95. The second-order valence-corrected chi connectivity index (χ2v) is 7.99. The van der Waals surface area contributed by atoms with Crippen LogP contribution in [0.25, 0.3) is 5.76 Å². The van der Waals surface area contributed by atoms with E-state index in [1.807, 2.05) is 19.0 Å². The smallest absolute Gasteiger partial charge is 0.295 e. The number of likely N-dealkylation sites (N-methyl/N-ethyl adjacent to an activating group) is 1. The van der Waals surface area contributed by atoms with Gasteiger partial charge in [-0.1, -0.05) is 12.1 Å². The Morgan fingerprint density at radius 1 is 0.971 bits per heavy atom. The van der Waals surface area contributed by atoms with Gasteiger partial charge in [-0.25, -0.2) is 0 Å². The third-order valence-electron chi connectivity index (χ3n) is 5.67. The van der Waals surface area contributed by atoms with Crippen LogP contribution >= 0.6 is 0 Å². The number of nitrogens with zero attached hydrogens (tertiary/aromatic N) is 2. The van der Waals surface area contributed by atoms with Gasteiger partial charge in [-0.3, -0.25) is 9.59 Å². The number of aliphatic hydroxyl groups is 1. The van der Waals surface area contributed by atoms with Crippen molar-refractivity contribution in [3.63, 3.8) is 0 Å². The van der Waals surface area contributed by atoms with Gasteiger partial charge in [0, 0.05) is 18.7 Å². The normalized spacial score (nSPS) is 17.3. The Hall–Kier alpha value is -3.72. The molecule has 9 nitrogen and oxygen atoms in total. The minimum Gasteiger partial charge on any atom is -0.507 e. The average Bonchev–Trinajstić information content (AvgIpc) is 3.10. The Morgan fingerprint density at radius 2 is 1.62 bits per heavy atom. The topological polar surface area (TPSA) is 97.8 Å². The third kappa shape index (κ3) is 4.65. The number of ether oxygens (including phenoxy) is 4. The summed E-state index contributed by atoms with van der Waals surface area (Å²) in [5.41, 5.74) is 0.880. The maximum absolute atomic E-state index is 13.2. The molecule has 1 fully saturated rings. The van der Waals surface area contributed by atoms with E-state index in [2.05, 4.69) is 0 Å². The first kappa shape index (κ1) is 24.9. The van der Waals surface area contributed by atoms with E-state index in [0.717, 1.165) is 0 Å². The highest BCUT2D eigenvalue weighted by Crippen LogP contribution is 2.45. The third-order valence-corrected chi connectivity index (χ3v) is 5.67. The van der Waals surface area contributed by atoms with Crippen molar-refractivity contribution in [2.75, 3.05) is 55.6 Å². The SMILES string of the molecule is COc1cccc(C(O)=C2C(=O)C(=O)N(CCN(C)C)C2c2cc(OC)c(OC)c(OC)c2)c1. The lowest BCUT2D eigenvalue weighted by Crippen LogP contribution is -2.35. The van der Waals surface area contributed by atoms with Gasteiger partial charge in [0.1, 0.15) is 11.5 Å². The lowest BCUT2D eigenvalue weighted by Gasteiger charge is -2.27. The zero-order valence-electron chi connectivity index (χ0n) is 20.2. The molecule has 0 aromatic heterocycles. The summed E-state index contributed by atoms with van der Waals surface area (Å²) in [7, 11) is 9.73. The highest BCUT2D eigenvalue weighted by atomic mass is 16.5. The zero-order valence-corrected chi connectivity index (χ0v) is 20.2. The first-order chi connectivity index (χ1) is 16.3. The van der Waals surface area contributed by atoms with Crippen molar-refractivity contribution in [1.82, 2.24) is 9.80 Å². The van der Waals surface area contributed by atoms with Gasteiger partial charge in [-0.15, -0.1) is 0 Å². The summed E-state index contributed by atoms with van der Waals surface area (Å²) < 4.78 is 21.6. The maximum atomic E-state index is 13.2. The largest absolute Gasteiger partial charge is 0.507 e. The molecule has 2 aromatic carbocycles. The van der Waals surface area contributed by atoms with Crippen LogP contribution in [0.15, 0.2) is 42.0 Å². The molecule has 1 aliphatic rings. The van der Waals surface area contributed by atoms with Gasteiger partial charge in [-0.05, 0) is 43.9 Å². The molecule has 1 atom stereocenters. The van der Waals surface area contributed by atoms with Gasteiger partial charge in [0.05, 0.1) is 40.1 Å². The van der Waals surface area contributed by atoms with Gasteiger partial charge in [0.15, 0.2) is 11.5 Å². The second kappa shape index (κ2) is 10.5. The van der Waals surface area contributed by atoms with Crippen LogP contribution in [0.3, 0.4) is 0 Å². The molecule has 1 amide bonds. The van der Waals surface area contributed by atoms with Crippen molar-refractivity contribution < 1.29 is 33.6 Å². The van der Waals surface area contributed by atoms with E-state index in [9.17, 15) is 14.7 Å². The number of aliphatic hydroxyl groups excluding tert-OH is 1. The lowest BCUT2D eigenvalue weighted by molar-refractivity contribution is -0.140. The molecule has 0 bridgehead atoms. The number of amides is 1. The molecule has 0 radical (unpaired) electrons. The van der Waals surface area contributed by atoms with Crippen LogP contribution in [0.2, 0.25) is 0 Å². The van der Waals surface area contributed by atoms with E-state index in [0.29, 0.717) is 40.7 Å². The number of carbonyl (C=O) groups is 2. The highest BCUT2D eigenvalue weighted by molar-refractivity contribution is 6.46. The predicted molar refractivity (Wildman–Crippen MR) is 127 cm³/mol. The van der Waals surface area contributed by atoms with Crippen LogP contribution in [-0.4, -0.2) is 82.2 Å². The minimum absolute atomic E-state index is 0.0220. The Morgan fingerprint density at radius 3 is 2.15 bits per heavy atom. The molecule has 1 N–H and O–H groups in total. The average molecular weight is 471 g/mol. The van der Waals surface area contributed by atoms with Crippen LogP contribution in [0, 0.1) is 0 Å². The molecule has 1 aliphatic heterocycles. The van der Waals surface area contributed by atoms with E-state index < -0.39 is 17.7 Å². The number of methoxy groups -OCH3 is 4. The van der Waals surface area contributed by atoms with Crippen LogP contribution in [0.4, 0.5) is 0 Å². The molecule has 2 aromatic rings. The Balaban J connectivity index is 2.26. The van der Waals surface area contributed by atoms with E-state index in [4.69, 9.17) is 18.9 Å². The molecule has 182 valence electrons. The molecule has 1 saturated heterocycles. The van der Waals surface area contributed by atoms with Crippen molar-refractivity contribution in [1.29, 1.82) is 0 Å². The van der Waals surface area contributed by atoms with E-state index >= 15 is 0 Å². The molecular formula is C25H30N2O7. The van der Waals surface area contributed by atoms with Crippen molar-refractivity contribution in [2.45, 2.75) is 6.04 Å². The van der Waals surface area contributed by atoms with Crippen LogP contribution in [-0.2, 0) is 9.59 Å². The van der Waals surface area contributed by atoms with Crippen LogP contribution in [0.5, 0.6) is 23.0 Å². The van der Waals surface area contributed by atoms with Crippen LogP contribution < -0.4 is 18.9 Å². The molecular weight excluding hydrogens is 440 g/mol. The molecule has 0 saturated carbocycles. The summed E-state index contributed by atoms with van der Waals surface area (Å²) >= 11 is 0. The fraction of sp³-hybridized carbons (Fsp3) is 0.360. The number of hydrogen-bond acceptors (Lipinski definition) is 8. The van der Waals surface area contributed by atoms with Crippen molar-refractivity contribution in [2.24, 2.45) is 0 Å². The van der Waals surface area contributed by atoms with Crippen molar-refractivity contribution in [3.05, 3.63) is 53.1 Å². The maximum Gasteiger partial charge on any atom is 0.295 e. The molecule has 9 heteroatoms. The number of benzene rings is 2. The summed E-state index contributed by atoms with van der Waals surface area (Å²) in [6.07, 6.45) is 0.